The molecule has 28 heavy (non-hydrogen) atoms. The van der Waals surface area contributed by atoms with Crippen LogP contribution in [0.15, 0.2) is 24.3 Å². The van der Waals surface area contributed by atoms with Gasteiger partial charge in [0.25, 0.3) is 0 Å². The lowest BCUT2D eigenvalue weighted by Gasteiger charge is -2.45. The number of rotatable bonds is 4. The summed E-state index contributed by atoms with van der Waals surface area (Å²) in [6, 6.07) is 8.82. The van der Waals surface area contributed by atoms with Gasteiger partial charge in [-0.1, -0.05) is 13.0 Å². The van der Waals surface area contributed by atoms with Crippen molar-refractivity contribution < 1.29 is 18.9 Å². The normalized spacial score (nSPS) is 20.2. The lowest BCUT2D eigenvalue weighted by Crippen LogP contribution is -2.41. The molecule has 2 aromatic carbocycles. The number of benzene rings is 2. The first kappa shape index (κ1) is 20.6. The molecule has 0 radical (unpaired) electrons. The summed E-state index contributed by atoms with van der Waals surface area (Å²) in [5.74, 6) is 3.60. The molecule has 0 fully saturated rings. The summed E-state index contributed by atoms with van der Waals surface area (Å²) in [4.78, 5) is 2.54. The van der Waals surface area contributed by atoms with E-state index in [1.165, 1.54) is 22.3 Å². The Hall–Kier alpha value is -2.11. The molecule has 0 spiro atoms. The standard InChI is InChI=1S/C22H27NO4.ClH/c1-13-15-6-7-18(24-2)22(27-5)17(15)12-23-9-8-14-10-19(25-3)20(26-4)11-16(14)21(13)23;/h6-7,10-11,13,21H,8-9,12H2,1-5H3;1H. The fourth-order valence-electron chi connectivity index (χ4n) is 4.76. The summed E-state index contributed by atoms with van der Waals surface area (Å²) in [6.07, 6.45) is 1.00. The van der Waals surface area contributed by atoms with E-state index in [0.717, 1.165) is 42.5 Å². The van der Waals surface area contributed by atoms with Gasteiger partial charge < -0.3 is 18.9 Å². The quantitative estimate of drug-likeness (QED) is 0.755. The average Bonchev–Trinajstić information content (AvgIpc) is 2.71. The average molecular weight is 406 g/mol. The molecule has 2 aromatic rings. The molecule has 2 heterocycles. The SMILES string of the molecule is COc1cc2c(cc1OC)C1C(C)c3ccc(OC)c(OC)c3CN1CC2.Cl. The molecule has 6 heteroatoms. The maximum absolute atomic E-state index is 5.71. The van der Waals surface area contributed by atoms with Crippen LogP contribution in [-0.4, -0.2) is 39.9 Å². The topological polar surface area (TPSA) is 40.2 Å². The first-order valence-electron chi connectivity index (χ1n) is 9.35. The highest BCUT2D eigenvalue weighted by Gasteiger charge is 2.39. The maximum Gasteiger partial charge on any atom is 0.165 e. The van der Waals surface area contributed by atoms with Crippen molar-refractivity contribution in [3.63, 3.8) is 0 Å². The molecule has 0 saturated carbocycles. The Morgan fingerprint density at radius 3 is 2.18 bits per heavy atom. The van der Waals surface area contributed by atoms with Gasteiger partial charge in [0.2, 0.25) is 0 Å². The highest BCUT2D eigenvalue weighted by molar-refractivity contribution is 5.85. The third-order valence-electron chi connectivity index (χ3n) is 6.04. The van der Waals surface area contributed by atoms with E-state index in [4.69, 9.17) is 18.9 Å². The monoisotopic (exact) mass is 405 g/mol. The van der Waals surface area contributed by atoms with E-state index in [1.54, 1.807) is 28.4 Å². The Labute approximate surface area is 172 Å². The number of hydrogen-bond acceptors (Lipinski definition) is 5. The van der Waals surface area contributed by atoms with E-state index in [2.05, 4.69) is 30.0 Å². The first-order valence-corrected chi connectivity index (χ1v) is 9.35. The van der Waals surface area contributed by atoms with E-state index in [9.17, 15) is 0 Å². The second-order valence-corrected chi connectivity index (χ2v) is 7.23. The number of halogens is 1. The number of hydrogen-bond donors (Lipinski definition) is 0. The lowest BCUT2D eigenvalue weighted by molar-refractivity contribution is 0.136. The van der Waals surface area contributed by atoms with Crippen molar-refractivity contribution in [2.75, 3.05) is 35.0 Å². The van der Waals surface area contributed by atoms with E-state index in [1.807, 2.05) is 6.07 Å². The second-order valence-electron chi connectivity index (χ2n) is 7.23. The van der Waals surface area contributed by atoms with Crippen LogP contribution in [0.1, 0.15) is 41.1 Å². The molecule has 4 rings (SSSR count). The largest absolute Gasteiger partial charge is 0.493 e. The number of fused-ring (bicyclic) bond motifs is 4. The predicted molar refractivity (Wildman–Crippen MR) is 112 cm³/mol. The summed E-state index contributed by atoms with van der Waals surface area (Å²) in [5, 5.41) is 0. The van der Waals surface area contributed by atoms with Crippen LogP contribution in [0.2, 0.25) is 0 Å². The van der Waals surface area contributed by atoms with Gasteiger partial charge in [-0.3, -0.25) is 4.90 Å². The number of nitrogens with zero attached hydrogens (tertiary/aromatic N) is 1. The molecule has 0 bridgehead atoms. The van der Waals surface area contributed by atoms with Gasteiger partial charge in [0, 0.05) is 30.6 Å². The van der Waals surface area contributed by atoms with Crippen molar-refractivity contribution in [2.24, 2.45) is 0 Å². The maximum atomic E-state index is 5.71. The van der Waals surface area contributed by atoms with Gasteiger partial charge in [-0.2, -0.15) is 0 Å². The Morgan fingerprint density at radius 1 is 0.857 bits per heavy atom. The minimum Gasteiger partial charge on any atom is -0.493 e. The Balaban J connectivity index is 0.00000225. The van der Waals surface area contributed by atoms with Gasteiger partial charge in [0.15, 0.2) is 23.0 Å². The van der Waals surface area contributed by atoms with E-state index in [0.29, 0.717) is 12.0 Å². The van der Waals surface area contributed by atoms with Crippen LogP contribution < -0.4 is 18.9 Å². The summed E-state index contributed by atoms with van der Waals surface area (Å²) in [5.41, 5.74) is 5.26. The minimum absolute atomic E-state index is 0. The third-order valence-corrected chi connectivity index (χ3v) is 6.04. The first-order chi connectivity index (χ1) is 13.1. The molecule has 2 atom stereocenters. The van der Waals surface area contributed by atoms with Crippen LogP contribution in [0, 0.1) is 0 Å². The molecule has 152 valence electrons. The summed E-state index contributed by atoms with van der Waals surface area (Å²) in [7, 11) is 6.80. The third kappa shape index (κ3) is 3.07. The predicted octanol–water partition coefficient (Wildman–Crippen LogP) is 4.36. The zero-order valence-corrected chi connectivity index (χ0v) is 17.9. The molecule has 2 aliphatic heterocycles. The zero-order valence-electron chi connectivity index (χ0n) is 17.1. The molecule has 2 unspecified atom stereocenters. The number of methoxy groups -OCH3 is 4. The molecule has 0 aliphatic carbocycles. The zero-order chi connectivity index (χ0) is 19.1. The van der Waals surface area contributed by atoms with Crippen LogP contribution in [-0.2, 0) is 13.0 Å². The smallest absolute Gasteiger partial charge is 0.165 e. The van der Waals surface area contributed by atoms with Gasteiger partial charge >= 0.3 is 0 Å². The van der Waals surface area contributed by atoms with Crippen LogP contribution >= 0.6 is 12.4 Å². The Morgan fingerprint density at radius 2 is 1.54 bits per heavy atom. The molecule has 5 nitrogen and oxygen atoms in total. The van der Waals surface area contributed by atoms with E-state index >= 15 is 0 Å². The van der Waals surface area contributed by atoms with Gasteiger partial charge in [0.05, 0.1) is 28.4 Å². The molecule has 0 amide bonds. The van der Waals surface area contributed by atoms with E-state index < -0.39 is 0 Å². The highest BCUT2D eigenvalue weighted by atomic mass is 35.5. The molecule has 0 aromatic heterocycles. The molecule has 0 saturated heterocycles. The van der Waals surface area contributed by atoms with Crippen molar-refractivity contribution in [2.45, 2.75) is 31.8 Å². The van der Waals surface area contributed by atoms with E-state index in [-0.39, 0.29) is 12.4 Å². The lowest BCUT2D eigenvalue weighted by atomic mass is 9.77. The highest BCUT2D eigenvalue weighted by Crippen LogP contribution is 2.50. The minimum atomic E-state index is 0. The van der Waals surface area contributed by atoms with Crippen LogP contribution in [0.4, 0.5) is 0 Å². The fraction of sp³-hybridized carbons (Fsp3) is 0.455. The van der Waals surface area contributed by atoms with Gasteiger partial charge in [-0.25, -0.2) is 0 Å². The summed E-state index contributed by atoms with van der Waals surface area (Å²) >= 11 is 0. The molecule has 0 N–H and O–H groups in total. The van der Waals surface area contributed by atoms with Crippen molar-refractivity contribution in [3.05, 3.63) is 46.5 Å². The molecule has 2 aliphatic rings. The van der Waals surface area contributed by atoms with Crippen LogP contribution in [0.3, 0.4) is 0 Å². The van der Waals surface area contributed by atoms with Crippen molar-refractivity contribution in [1.82, 2.24) is 4.90 Å². The van der Waals surface area contributed by atoms with Crippen LogP contribution in [0.25, 0.3) is 0 Å². The summed E-state index contributed by atoms with van der Waals surface area (Å²) < 4.78 is 22.3. The van der Waals surface area contributed by atoms with Crippen molar-refractivity contribution >= 4 is 12.4 Å². The van der Waals surface area contributed by atoms with Crippen molar-refractivity contribution in [1.29, 1.82) is 0 Å². The fourth-order valence-corrected chi connectivity index (χ4v) is 4.76. The summed E-state index contributed by atoms with van der Waals surface area (Å²) in [6.45, 7) is 4.17. The van der Waals surface area contributed by atoms with Gasteiger partial charge in [-0.05, 0) is 41.3 Å². The Bertz CT molecular complexity index is 870. The van der Waals surface area contributed by atoms with Gasteiger partial charge in [-0.15, -0.1) is 12.4 Å². The Kier molecular flexibility index (Phi) is 5.96. The number of ether oxygens (including phenoxy) is 4. The van der Waals surface area contributed by atoms with Gasteiger partial charge in [0.1, 0.15) is 0 Å². The molecular weight excluding hydrogens is 378 g/mol. The second kappa shape index (κ2) is 8.10. The molecular formula is C22H28ClNO4. The van der Waals surface area contributed by atoms with Crippen molar-refractivity contribution in [3.8, 4) is 23.0 Å². The van der Waals surface area contributed by atoms with Crippen LogP contribution in [0.5, 0.6) is 23.0 Å².